The molecule has 1 amide bonds. The summed E-state index contributed by atoms with van der Waals surface area (Å²) < 4.78 is 35.8. The topological polar surface area (TPSA) is 154 Å². The molecule has 328 valence electrons. The van der Waals surface area contributed by atoms with Crippen LogP contribution in [0.4, 0.5) is 27.5 Å². The van der Waals surface area contributed by atoms with Crippen molar-refractivity contribution in [2.24, 2.45) is 0 Å². The standard InChI is InChI=1S/C48H59N7O6S/c1-6-9-10-11-12-19-31-60-48(56)49-39-26-24-38(25-27-39)46-50-47-45(36(5)51-55(47)52-46)54(43-29-28-40(32-35(43)4)53(8-3)30-7-2)44(61-57)34-42(33-37-20-15-13-16-21-37)62(58,59)41-22-17-14-18-23-41/h13-18,20-29,32-33,44,51,57H,6-12,19,30-31,34H2,1-5H3,(H,49,56). The van der Waals surface area contributed by atoms with Gasteiger partial charge >= 0.3 is 6.09 Å². The Bertz CT molecular complexity index is 2500. The number of hydrogen-bond donors (Lipinski definition) is 3. The third kappa shape index (κ3) is 11.1. The Labute approximate surface area is 365 Å². The molecule has 0 spiro atoms. The number of nitrogens with zero attached hydrogens (tertiary/aromatic N) is 5. The molecule has 1 atom stereocenters. The van der Waals surface area contributed by atoms with Gasteiger partial charge in [-0.1, -0.05) is 94.5 Å². The minimum Gasteiger partial charge on any atom is -0.449 e. The lowest BCUT2D eigenvalue weighted by molar-refractivity contribution is -0.275. The number of carbonyl (C=O) groups excluding carboxylic acids is 1. The maximum Gasteiger partial charge on any atom is 0.411 e. The molecule has 2 aromatic heterocycles. The lowest BCUT2D eigenvalue weighted by Gasteiger charge is -2.33. The molecule has 6 aromatic rings. The average molecular weight is 862 g/mol. The summed E-state index contributed by atoms with van der Waals surface area (Å²) in [6, 6.07) is 30.7. The van der Waals surface area contributed by atoms with Gasteiger partial charge in [-0.25, -0.2) is 28.3 Å². The predicted octanol–water partition coefficient (Wildman–Crippen LogP) is 11.3. The first-order valence-corrected chi connectivity index (χ1v) is 23.1. The van der Waals surface area contributed by atoms with E-state index in [1.165, 1.54) is 19.3 Å². The smallest absolute Gasteiger partial charge is 0.411 e. The summed E-state index contributed by atoms with van der Waals surface area (Å²) in [7, 11) is -4.07. The van der Waals surface area contributed by atoms with E-state index in [9.17, 15) is 18.5 Å². The monoisotopic (exact) mass is 861 g/mol. The van der Waals surface area contributed by atoms with E-state index in [2.05, 4.69) is 42.2 Å². The van der Waals surface area contributed by atoms with Crippen molar-refractivity contribution in [2.45, 2.75) is 97.1 Å². The first-order valence-electron chi connectivity index (χ1n) is 21.6. The minimum absolute atomic E-state index is 0.0414. The summed E-state index contributed by atoms with van der Waals surface area (Å²) in [6.07, 6.45) is 7.22. The fourth-order valence-electron chi connectivity index (χ4n) is 7.58. The number of fused-ring (bicyclic) bond motifs is 1. The quantitative estimate of drug-likeness (QED) is 0.0260. The molecule has 13 nitrogen and oxygen atoms in total. The van der Waals surface area contributed by atoms with Gasteiger partial charge < -0.3 is 14.5 Å². The fourth-order valence-corrected chi connectivity index (χ4v) is 9.05. The zero-order chi connectivity index (χ0) is 44.1. The highest BCUT2D eigenvalue weighted by atomic mass is 32.2. The number of aryl methyl sites for hydroxylation is 2. The Kier molecular flexibility index (Phi) is 16.0. The number of unbranched alkanes of at least 4 members (excludes halogenated alkanes) is 5. The van der Waals surface area contributed by atoms with Gasteiger partial charge in [-0.05, 0) is 105 Å². The molecule has 0 radical (unpaired) electrons. The van der Waals surface area contributed by atoms with Crippen molar-refractivity contribution >= 4 is 50.4 Å². The summed E-state index contributed by atoms with van der Waals surface area (Å²) in [6.45, 7) is 12.4. The SMILES string of the molecule is CCCCCCCCOC(=O)Nc1ccc(-c2nc3c(N(c4ccc(N(CC)CCC)cc4C)C(CC(=Cc4ccccc4)S(=O)(=O)c4ccccc4)OO)c(C)[nH]n3n2)cc1. The van der Waals surface area contributed by atoms with Gasteiger partial charge in [0, 0.05) is 42.1 Å². The largest absolute Gasteiger partial charge is 0.449 e. The molecular weight excluding hydrogens is 803 g/mol. The molecule has 2 heterocycles. The van der Waals surface area contributed by atoms with Crippen LogP contribution in [0.15, 0.2) is 113 Å². The molecule has 0 saturated heterocycles. The zero-order valence-corrected chi connectivity index (χ0v) is 37.2. The summed E-state index contributed by atoms with van der Waals surface area (Å²) >= 11 is 0. The third-order valence-corrected chi connectivity index (χ3v) is 12.7. The van der Waals surface area contributed by atoms with Crippen molar-refractivity contribution in [2.75, 3.05) is 34.8 Å². The van der Waals surface area contributed by atoms with Crippen LogP contribution in [0.2, 0.25) is 0 Å². The Morgan fingerprint density at radius 1 is 0.887 bits per heavy atom. The third-order valence-electron chi connectivity index (χ3n) is 10.8. The van der Waals surface area contributed by atoms with Crippen LogP contribution < -0.4 is 15.1 Å². The number of hydrogen-bond acceptors (Lipinski definition) is 10. The van der Waals surface area contributed by atoms with Gasteiger partial charge in [-0.2, -0.15) is 4.63 Å². The molecule has 4 aromatic carbocycles. The summed E-state index contributed by atoms with van der Waals surface area (Å²) in [5.74, 6) is 0.401. The number of sulfone groups is 1. The maximum atomic E-state index is 14.4. The highest BCUT2D eigenvalue weighted by Crippen LogP contribution is 2.40. The number of benzene rings is 4. The number of H-pyrrole nitrogens is 1. The second-order valence-corrected chi connectivity index (χ2v) is 17.4. The van der Waals surface area contributed by atoms with Crippen LogP contribution in [0.3, 0.4) is 0 Å². The highest BCUT2D eigenvalue weighted by molar-refractivity contribution is 7.95. The van der Waals surface area contributed by atoms with E-state index in [1.807, 2.05) is 68.4 Å². The van der Waals surface area contributed by atoms with Crippen molar-refractivity contribution in [3.63, 3.8) is 0 Å². The number of nitrogens with one attached hydrogen (secondary N) is 2. The van der Waals surface area contributed by atoms with Crippen molar-refractivity contribution in [3.05, 3.63) is 125 Å². The molecule has 6 rings (SSSR count). The number of anilines is 4. The van der Waals surface area contributed by atoms with Crippen molar-refractivity contribution < 1.29 is 28.1 Å². The molecular formula is C48H59N7O6S. The lowest BCUT2D eigenvalue weighted by Crippen LogP contribution is -2.35. The van der Waals surface area contributed by atoms with E-state index in [-0.39, 0.29) is 16.2 Å². The Balaban J connectivity index is 1.36. The molecule has 0 aliphatic heterocycles. The zero-order valence-electron chi connectivity index (χ0n) is 36.4. The maximum absolute atomic E-state index is 14.4. The van der Waals surface area contributed by atoms with Crippen LogP contribution in [0, 0.1) is 13.8 Å². The van der Waals surface area contributed by atoms with Gasteiger partial charge in [-0.15, -0.1) is 5.10 Å². The van der Waals surface area contributed by atoms with Gasteiger partial charge in [0.2, 0.25) is 9.84 Å². The average Bonchev–Trinajstić information content (AvgIpc) is 3.82. The number of aromatic amines is 1. The normalized spacial score (nSPS) is 12.4. The Morgan fingerprint density at radius 3 is 2.24 bits per heavy atom. The van der Waals surface area contributed by atoms with Crippen molar-refractivity contribution in [3.8, 4) is 11.4 Å². The second-order valence-electron chi connectivity index (χ2n) is 15.4. The second kappa shape index (κ2) is 21.7. The molecule has 62 heavy (non-hydrogen) atoms. The summed E-state index contributed by atoms with van der Waals surface area (Å²) in [4.78, 5) is 27.1. The van der Waals surface area contributed by atoms with Gasteiger partial charge in [0.1, 0.15) is 5.69 Å². The molecule has 0 saturated carbocycles. The summed E-state index contributed by atoms with van der Waals surface area (Å²) in [5, 5.41) is 21.8. The number of amides is 1. The van der Waals surface area contributed by atoms with Gasteiger partial charge in [0.15, 0.2) is 17.7 Å². The molecule has 0 aliphatic carbocycles. The molecule has 0 bridgehead atoms. The van der Waals surface area contributed by atoms with E-state index in [0.717, 1.165) is 50.0 Å². The number of aromatic nitrogens is 4. The highest BCUT2D eigenvalue weighted by Gasteiger charge is 2.34. The predicted molar refractivity (Wildman–Crippen MR) is 248 cm³/mol. The van der Waals surface area contributed by atoms with Crippen molar-refractivity contribution in [1.29, 1.82) is 0 Å². The van der Waals surface area contributed by atoms with Crippen LogP contribution in [0.5, 0.6) is 0 Å². The number of ether oxygens (including phenoxy) is 1. The Hall–Kier alpha value is -5.96. The van der Waals surface area contributed by atoms with Crippen LogP contribution in [-0.2, 0) is 19.5 Å². The summed E-state index contributed by atoms with van der Waals surface area (Å²) in [5.41, 5.74) is 6.11. The van der Waals surface area contributed by atoms with Crippen LogP contribution >= 0.6 is 0 Å². The van der Waals surface area contributed by atoms with E-state index >= 15 is 0 Å². The van der Waals surface area contributed by atoms with E-state index in [1.54, 1.807) is 58.1 Å². The van der Waals surface area contributed by atoms with Crippen LogP contribution in [0.25, 0.3) is 23.1 Å². The number of rotatable bonds is 22. The molecule has 1 unspecified atom stereocenters. The molecule has 14 heteroatoms. The van der Waals surface area contributed by atoms with Crippen LogP contribution in [0.1, 0.15) is 89.0 Å². The van der Waals surface area contributed by atoms with Gasteiger partial charge in [-0.3, -0.25) is 10.4 Å². The van der Waals surface area contributed by atoms with Crippen LogP contribution in [-0.4, -0.2) is 65.5 Å². The molecule has 3 N–H and O–H groups in total. The van der Waals surface area contributed by atoms with E-state index in [0.29, 0.717) is 52.0 Å². The minimum atomic E-state index is -4.07. The number of carbonyl (C=O) groups is 1. The fraction of sp³-hybridized carbons (Fsp3) is 0.354. The first kappa shape index (κ1) is 45.6. The first-order chi connectivity index (χ1) is 30.1. The molecule has 0 aliphatic rings. The van der Waals surface area contributed by atoms with Gasteiger partial charge in [0.25, 0.3) is 0 Å². The van der Waals surface area contributed by atoms with Crippen molar-refractivity contribution in [1.82, 2.24) is 19.8 Å². The lowest BCUT2D eigenvalue weighted by atomic mass is 10.1. The van der Waals surface area contributed by atoms with Gasteiger partial charge in [0.05, 0.1) is 22.1 Å². The molecule has 0 fully saturated rings. The van der Waals surface area contributed by atoms with E-state index in [4.69, 9.17) is 19.7 Å². The Morgan fingerprint density at radius 2 is 1.58 bits per heavy atom. The van der Waals surface area contributed by atoms with E-state index < -0.39 is 22.2 Å².